The molecule has 146 valence electrons. The second-order valence-corrected chi connectivity index (χ2v) is 8.51. The van der Waals surface area contributed by atoms with Crippen molar-refractivity contribution in [3.63, 3.8) is 0 Å². The van der Waals surface area contributed by atoms with Crippen LogP contribution in [0.3, 0.4) is 0 Å². The summed E-state index contributed by atoms with van der Waals surface area (Å²) in [5, 5.41) is 2.57. The number of rotatable bonds is 10. The molecule has 0 aliphatic carbocycles. The third-order valence-electron chi connectivity index (χ3n) is 4.45. The minimum absolute atomic E-state index is 0.750. The van der Waals surface area contributed by atoms with Crippen LogP contribution in [0.2, 0.25) is 0 Å². The molecule has 0 fully saturated rings. The highest BCUT2D eigenvalue weighted by molar-refractivity contribution is 7.25. The fraction of sp³-hybridized carbons (Fsp3) is 0.455. The lowest BCUT2D eigenvalue weighted by molar-refractivity contribution is 0.282. The first-order chi connectivity index (χ1) is 13.0. The molecule has 0 unspecified atom stereocenters. The Morgan fingerprint density at radius 3 is 1.56 bits per heavy atom. The molecule has 0 saturated carbocycles. The Morgan fingerprint density at radius 1 is 0.704 bits per heavy atom. The van der Waals surface area contributed by atoms with Crippen LogP contribution in [0.4, 0.5) is 0 Å². The van der Waals surface area contributed by atoms with Crippen molar-refractivity contribution in [2.45, 2.75) is 12.8 Å². The van der Waals surface area contributed by atoms with E-state index in [2.05, 4.69) is 74.4 Å². The number of benzene rings is 2. The summed E-state index contributed by atoms with van der Waals surface area (Å²) >= 11 is 1.80. The summed E-state index contributed by atoms with van der Waals surface area (Å²) in [4.78, 5) is 4.36. The van der Waals surface area contributed by atoms with Gasteiger partial charge >= 0.3 is 0 Å². The van der Waals surface area contributed by atoms with Crippen LogP contribution < -0.4 is 9.47 Å². The van der Waals surface area contributed by atoms with Gasteiger partial charge in [0.15, 0.2) is 0 Å². The molecule has 1 aromatic heterocycles. The average molecular weight is 387 g/mol. The first-order valence-electron chi connectivity index (χ1n) is 9.54. The Morgan fingerprint density at radius 2 is 1.15 bits per heavy atom. The first-order valence-corrected chi connectivity index (χ1v) is 10.4. The lowest BCUT2D eigenvalue weighted by Crippen LogP contribution is -2.15. The van der Waals surface area contributed by atoms with Crippen LogP contribution in [-0.2, 0) is 0 Å². The molecule has 0 aliphatic heterocycles. The second-order valence-electron chi connectivity index (χ2n) is 7.43. The highest BCUT2D eigenvalue weighted by atomic mass is 32.1. The van der Waals surface area contributed by atoms with Gasteiger partial charge in [-0.1, -0.05) is 0 Å². The molecule has 1 heterocycles. The van der Waals surface area contributed by atoms with Gasteiger partial charge < -0.3 is 19.3 Å². The van der Waals surface area contributed by atoms with Crippen molar-refractivity contribution in [1.82, 2.24) is 9.80 Å². The van der Waals surface area contributed by atoms with Gasteiger partial charge in [-0.3, -0.25) is 0 Å². The zero-order chi connectivity index (χ0) is 19.2. The molecule has 0 N–H and O–H groups in total. The van der Waals surface area contributed by atoms with E-state index in [4.69, 9.17) is 9.47 Å². The van der Waals surface area contributed by atoms with Gasteiger partial charge in [-0.25, -0.2) is 0 Å². The lowest BCUT2D eigenvalue weighted by atomic mass is 10.1. The van der Waals surface area contributed by atoms with Crippen LogP contribution in [0.15, 0.2) is 36.4 Å². The third-order valence-corrected chi connectivity index (χ3v) is 5.57. The minimum Gasteiger partial charge on any atom is -0.493 e. The maximum Gasteiger partial charge on any atom is 0.120 e. The summed E-state index contributed by atoms with van der Waals surface area (Å²) < 4.78 is 14.4. The SMILES string of the molecule is CN(C)CCCOc1ccc2c(c1)sc1cc(OCCCN(C)C)ccc12. The molecule has 0 aliphatic rings. The normalized spacial score (nSPS) is 11.8. The van der Waals surface area contributed by atoms with Gasteiger partial charge in [0.1, 0.15) is 11.5 Å². The molecule has 0 amide bonds. The summed E-state index contributed by atoms with van der Waals surface area (Å²) in [6.07, 6.45) is 2.07. The molecule has 0 spiro atoms. The summed E-state index contributed by atoms with van der Waals surface area (Å²) in [7, 11) is 8.35. The third kappa shape index (κ3) is 5.58. The van der Waals surface area contributed by atoms with Gasteiger partial charge in [-0.05, 0) is 77.4 Å². The molecule has 0 atom stereocenters. The summed E-state index contributed by atoms with van der Waals surface area (Å²) in [6.45, 7) is 3.59. The standard InChI is InChI=1S/C22H30N2O2S/c1-23(2)11-5-13-25-17-7-9-19-20-10-8-18(26-14-6-12-24(3)4)16-22(20)27-21(19)15-17/h7-10,15-16H,5-6,11-14H2,1-4H3. The molecule has 0 saturated heterocycles. The molecule has 27 heavy (non-hydrogen) atoms. The zero-order valence-electron chi connectivity index (χ0n) is 16.8. The Kier molecular flexibility index (Phi) is 6.94. The van der Waals surface area contributed by atoms with Crippen LogP contribution in [0.25, 0.3) is 20.2 Å². The van der Waals surface area contributed by atoms with Crippen molar-refractivity contribution >= 4 is 31.5 Å². The second kappa shape index (κ2) is 9.40. The molecule has 0 bridgehead atoms. The van der Waals surface area contributed by atoms with Gasteiger partial charge in [0.25, 0.3) is 0 Å². The summed E-state index contributed by atoms with van der Waals surface area (Å²) in [5.74, 6) is 1.90. The van der Waals surface area contributed by atoms with E-state index in [0.29, 0.717) is 0 Å². The zero-order valence-corrected chi connectivity index (χ0v) is 17.6. The molecule has 5 heteroatoms. The molecular weight excluding hydrogens is 356 g/mol. The van der Waals surface area contributed by atoms with Crippen LogP contribution in [-0.4, -0.2) is 64.3 Å². The molecule has 4 nitrogen and oxygen atoms in total. The van der Waals surface area contributed by atoms with Crippen molar-refractivity contribution in [3.05, 3.63) is 36.4 Å². The highest BCUT2D eigenvalue weighted by Crippen LogP contribution is 2.37. The van der Waals surface area contributed by atoms with E-state index in [0.717, 1.165) is 50.6 Å². The van der Waals surface area contributed by atoms with Gasteiger partial charge in [-0.2, -0.15) is 0 Å². The maximum absolute atomic E-state index is 5.92. The van der Waals surface area contributed by atoms with E-state index in [-0.39, 0.29) is 0 Å². The summed E-state index contributed by atoms with van der Waals surface area (Å²) in [6, 6.07) is 12.8. The van der Waals surface area contributed by atoms with Crippen LogP contribution >= 0.6 is 11.3 Å². The largest absolute Gasteiger partial charge is 0.493 e. The molecule has 2 aromatic carbocycles. The predicted molar refractivity (Wildman–Crippen MR) is 117 cm³/mol. The van der Waals surface area contributed by atoms with E-state index >= 15 is 0 Å². The van der Waals surface area contributed by atoms with Gasteiger partial charge in [0, 0.05) is 33.3 Å². The van der Waals surface area contributed by atoms with E-state index in [9.17, 15) is 0 Å². The van der Waals surface area contributed by atoms with Crippen molar-refractivity contribution in [1.29, 1.82) is 0 Å². The monoisotopic (exact) mass is 386 g/mol. The van der Waals surface area contributed by atoms with Crippen LogP contribution in [0.5, 0.6) is 11.5 Å². The van der Waals surface area contributed by atoms with Gasteiger partial charge in [-0.15, -0.1) is 11.3 Å². The number of thiophene rings is 1. The van der Waals surface area contributed by atoms with E-state index < -0.39 is 0 Å². The van der Waals surface area contributed by atoms with Crippen molar-refractivity contribution in [2.24, 2.45) is 0 Å². The quantitative estimate of drug-likeness (QED) is 0.471. The average Bonchev–Trinajstić information content (AvgIpc) is 2.99. The number of hydrogen-bond acceptors (Lipinski definition) is 5. The Labute approximate surface area is 166 Å². The van der Waals surface area contributed by atoms with E-state index in [1.807, 2.05) is 0 Å². The van der Waals surface area contributed by atoms with E-state index in [1.165, 1.54) is 20.2 Å². The summed E-state index contributed by atoms with van der Waals surface area (Å²) in [5.41, 5.74) is 0. The number of ether oxygens (including phenoxy) is 2. The Bertz CT molecular complexity index is 803. The van der Waals surface area contributed by atoms with Crippen molar-refractivity contribution in [3.8, 4) is 11.5 Å². The van der Waals surface area contributed by atoms with E-state index in [1.54, 1.807) is 11.3 Å². The van der Waals surface area contributed by atoms with Crippen LogP contribution in [0, 0.1) is 0 Å². The lowest BCUT2D eigenvalue weighted by Gasteiger charge is -2.10. The molecule has 3 aromatic rings. The van der Waals surface area contributed by atoms with Crippen LogP contribution in [0.1, 0.15) is 12.8 Å². The molecule has 0 radical (unpaired) electrons. The van der Waals surface area contributed by atoms with Crippen molar-refractivity contribution in [2.75, 3.05) is 54.5 Å². The van der Waals surface area contributed by atoms with Gasteiger partial charge in [0.2, 0.25) is 0 Å². The topological polar surface area (TPSA) is 24.9 Å². The first kappa shape index (κ1) is 19.9. The van der Waals surface area contributed by atoms with Gasteiger partial charge in [0.05, 0.1) is 13.2 Å². The Balaban J connectivity index is 1.67. The number of nitrogens with zero attached hydrogens (tertiary/aromatic N) is 2. The highest BCUT2D eigenvalue weighted by Gasteiger charge is 2.08. The number of hydrogen-bond donors (Lipinski definition) is 0. The fourth-order valence-corrected chi connectivity index (χ4v) is 4.22. The van der Waals surface area contributed by atoms with Crippen molar-refractivity contribution < 1.29 is 9.47 Å². The molecular formula is C22H30N2O2S. The maximum atomic E-state index is 5.92. The fourth-order valence-electron chi connectivity index (χ4n) is 3.06. The molecule has 3 rings (SSSR count). The smallest absolute Gasteiger partial charge is 0.120 e. The number of fused-ring (bicyclic) bond motifs is 3. The minimum atomic E-state index is 0.750. The Hall–Kier alpha value is -1.82. The predicted octanol–water partition coefficient (Wildman–Crippen LogP) is 4.72.